The molecule has 1 atom stereocenters. The number of anilines is 2. The third-order valence-corrected chi connectivity index (χ3v) is 9.13. The van der Waals surface area contributed by atoms with Crippen LogP contribution in [0, 0.1) is 0 Å². The second-order valence-corrected chi connectivity index (χ2v) is 12.2. The predicted octanol–water partition coefficient (Wildman–Crippen LogP) is 5.51. The zero-order chi connectivity index (χ0) is 30.2. The molecule has 3 aromatic carbocycles. The summed E-state index contributed by atoms with van der Waals surface area (Å²) in [7, 11) is 0. The minimum atomic E-state index is -0.710. The fraction of sp³-hybridized carbons (Fsp3) is 0.257. The highest BCUT2D eigenvalue weighted by molar-refractivity contribution is 7.07. The number of aromatic nitrogens is 1. The van der Waals surface area contributed by atoms with Gasteiger partial charge in [0, 0.05) is 17.8 Å². The summed E-state index contributed by atoms with van der Waals surface area (Å²) in [6, 6.07) is 24.2. The summed E-state index contributed by atoms with van der Waals surface area (Å²) in [6.45, 7) is 8.73. The van der Waals surface area contributed by atoms with Crippen LogP contribution in [-0.2, 0) is 9.59 Å². The van der Waals surface area contributed by atoms with Crippen molar-refractivity contribution in [3.63, 3.8) is 0 Å². The Hall–Kier alpha value is -4.56. The number of fused-ring (bicyclic) bond motifs is 2. The molecule has 8 heteroatoms. The van der Waals surface area contributed by atoms with Crippen molar-refractivity contribution in [2.24, 2.45) is 4.99 Å². The Balaban J connectivity index is 1.56. The summed E-state index contributed by atoms with van der Waals surface area (Å²) in [5, 5.41) is 2.99. The quantitative estimate of drug-likeness (QED) is 0.308. The van der Waals surface area contributed by atoms with E-state index in [1.54, 1.807) is 16.4 Å². The molecule has 0 radical (unpaired) electrons. The lowest BCUT2D eigenvalue weighted by Crippen LogP contribution is -2.41. The molecule has 0 bridgehead atoms. The van der Waals surface area contributed by atoms with E-state index in [0.29, 0.717) is 44.3 Å². The minimum Gasteiger partial charge on any atom is -0.322 e. The summed E-state index contributed by atoms with van der Waals surface area (Å²) in [5.74, 6) is -0.160. The maximum absolute atomic E-state index is 14.4. The van der Waals surface area contributed by atoms with Crippen LogP contribution in [0.1, 0.15) is 69.2 Å². The van der Waals surface area contributed by atoms with Crippen LogP contribution in [0.3, 0.4) is 0 Å². The van der Waals surface area contributed by atoms with Crippen molar-refractivity contribution in [1.82, 2.24) is 4.57 Å². The van der Waals surface area contributed by atoms with E-state index in [1.807, 2.05) is 78.9 Å². The van der Waals surface area contributed by atoms with Crippen LogP contribution in [0.5, 0.6) is 0 Å². The molecule has 4 aromatic rings. The first kappa shape index (κ1) is 28.6. The van der Waals surface area contributed by atoms with Gasteiger partial charge < -0.3 is 10.2 Å². The van der Waals surface area contributed by atoms with E-state index < -0.39 is 6.04 Å². The van der Waals surface area contributed by atoms with Crippen LogP contribution >= 0.6 is 11.3 Å². The number of amides is 2. The predicted molar refractivity (Wildman–Crippen MR) is 172 cm³/mol. The third kappa shape index (κ3) is 5.06. The SMILES string of the molecule is CCCCN1C(=O)/C(=c2/sc3n(c2=O)[C@H](c2ccc(C(C)C)cc2)C(C(=O)Nc2ccccc2)=C(C)N=3)c2ccccc21. The molecule has 3 heterocycles. The van der Waals surface area contributed by atoms with Crippen molar-refractivity contribution in [3.8, 4) is 0 Å². The molecular formula is C35H34N4O3S. The number of rotatable bonds is 7. The number of hydrogen-bond donors (Lipinski definition) is 1. The summed E-state index contributed by atoms with van der Waals surface area (Å²) >= 11 is 1.21. The van der Waals surface area contributed by atoms with Crippen LogP contribution in [0.4, 0.5) is 11.4 Å². The first-order valence-corrected chi connectivity index (χ1v) is 15.5. The maximum Gasteiger partial charge on any atom is 0.271 e. The second kappa shape index (κ2) is 11.6. The largest absolute Gasteiger partial charge is 0.322 e. The molecule has 0 saturated heterocycles. The third-order valence-electron chi connectivity index (χ3n) is 8.08. The van der Waals surface area contributed by atoms with Gasteiger partial charge in [0.05, 0.1) is 28.6 Å². The first-order chi connectivity index (χ1) is 20.8. The van der Waals surface area contributed by atoms with Gasteiger partial charge in [0.2, 0.25) is 0 Å². The van der Waals surface area contributed by atoms with E-state index in [9.17, 15) is 14.4 Å². The number of para-hydroxylation sites is 2. The van der Waals surface area contributed by atoms with E-state index in [2.05, 4.69) is 26.1 Å². The zero-order valence-corrected chi connectivity index (χ0v) is 25.6. The fourth-order valence-corrected chi connectivity index (χ4v) is 6.94. The summed E-state index contributed by atoms with van der Waals surface area (Å²) in [5.41, 5.74) is 5.20. The van der Waals surface area contributed by atoms with Crippen molar-refractivity contribution in [3.05, 3.63) is 127 Å². The Kier molecular flexibility index (Phi) is 7.71. The van der Waals surface area contributed by atoms with E-state index in [1.165, 1.54) is 11.3 Å². The number of hydrogen-bond acceptors (Lipinski definition) is 5. The molecule has 0 spiro atoms. The van der Waals surface area contributed by atoms with Crippen molar-refractivity contribution in [1.29, 1.82) is 0 Å². The van der Waals surface area contributed by atoms with E-state index in [4.69, 9.17) is 4.99 Å². The minimum absolute atomic E-state index is 0.171. The average Bonchev–Trinajstić information content (AvgIpc) is 3.47. The highest BCUT2D eigenvalue weighted by Gasteiger charge is 2.36. The van der Waals surface area contributed by atoms with Gasteiger partial charge in [-0.25, -0.2) is 4.99 Å². The van der Waals surface area contributed by atoms with Crippen LogP contribution < -0.4 is 25.1 Å². The van der Waals surface area contributed by atoms with Crippen molar-refractivity contribution < 1.29 is 9.59 Å². The molecule has 43 heavy (non-hydrogen) atoms. The Bertz CT molecular complexity index is 1940. The van der Waals surface area contributed by atoms with Gasteiger partial charge in [-0.1, -0.05) is 99.2 Å². The first-order valence-electron chi connectivity index (χ1n) is 14.7. The normalized spacial score (nSPS) is 17.2. The van der Waals surface area contributed by atoms with Crippen LogP contribution in [0.15, 0.2) is 99.9 Å². The smallest absolute Gasteiger partial charge is 0.271 e. The van der Waals surface area contributed by atoms with Gasteiger partial charge in [-0.3, -0.25) is 19.0 Å². The van der Waals surface area contributed by atoms with Crippen molar-refractivity contribution in [2.75, 3.05) is 16.8 Å². The second-order valence-electron chi connectivity index (χ2n) is 11.2. The molecule has 0 fully saturated rings. The van der Waals surface area contributed by atoms with Crippen molar-refractivity contribution in [2.45, 2.75) is 52.5 Å². The Morgan fingerprint density at radius 2 is 1.67 bits per heavy atom. The van der Waals surface area contributed by atoms with Crippen LogP contribution in [0.25, 0.3) is 5.57 Å². The molecular weight excluding hydrogens is 556 g/mol. The molecule has 6 rings (SSSR count). The summed E-state index contributed by atoms with van der Waals surface area (Å²) < 4.78 is 1.94. The van der Waals surface area contributed by atoms with Crippen LogP contribution in [-0.4, -0.2) is 22.9 Å². The molecule has 1 aromatic heterocycles. The lowest BCUT2D eigenvalue weighted by molar-refractivity contribution is -0.114. The molecule has 2 aliphatic rings. The highest BCUT2D eigenvalue weighted by atomic mass is 32.1. The van der Waals surface area contributed by atoms with Gasteiger partial charge in [-0.2, -0.15) is 0 Å². The molecule has 2 aliphatic heterocycles. The number of thiazole rings is 1. The Labute approximate surface area is 254 Å². The average molecular weight is 591 g/mol. The van der Waals surface area contributed by atoms with Gasteiger partial charge in [0.15, 0.2) is 4.80 Å². The summed E-state index contributed by atoms with van der Waals surface area (Å²) in [6.07, 6.45) is 1.81. The zero-order valence-electron chi connectivity index (χ0n) is 24.8. The molecule has 0 unspecified atom stereocenters. The lowest BCUT2D eigenvalue weighted by Gasteiger charge is -2.25. The fourth-order valence-electron chi connectivity index (χ4n) is 5.80. The maximum atomic E-state index is 14.4. The van der Waals surface area contributed by atoms with Gasteiger partial charge in [-0.15, -0.1) is 0 Å². The van der Waals surface area contributed by atoms with E-state index in [0.717, 1.165) is 35.2 Å². The number of nitrogens with zero attached hydrogens (tertiary/aromatic N) is 3. The topological polar surface area (TPSA) is 83.8 Å². The Morgan fingerprint density at radius 3 is 2.37 bits per heavy atom. The molecule has 218 valence electrons. The summed E-state index contributed by atoms with van der Waals surface area (Å²) in [4.78, 5) is 49.2. The molecule has 0 aliphatic carbocycles. The molecule has 2 amide bonds. The van der Waals surface area contributed by atoms with Gasteiger partial charge in [0.1, 0.15) is 4.53 Å². The van der Waals surface area contributed by atoms with Gasteiger partial charge in [-0.05, 0) is 48.6 Å². The number of carbonyl (C=O) groups excluding carboxylic acids is 2. The van der Waals surface area contributed by atoms with Crippen molar-refractivity contribution >= 4 is 40.1 Å². The van der Waals surface area contributed by atoms with E-state index >= 15 is 0 Å². The van der Waals surface area contributed by atoms with Gasteiger partial charge in [0.25, 0.3) is 17.4 Å². The number of unbranched alkanes of at least 4 members (excludes halogenated alkanes) is 1. The Morgan fingerprint density at radius 1 is 0.977 bits per heavy atom. The number of carbonyl (C=O) groups is 2. The monoisotopic (exact) mass is 590 g/mol. The molecule has 1 N–H and O–H groups in total. The standard InChI is InChI=1S/C35H34N4O3S/c1-5-6-20-38-27-15-11-10-14-26(27)29(33(38)41)31-34(42)39-30(24-18-16-23(17-19-24)21(2)3)28(22(4)36-35(39)43-31)32(40)37-25-12-8-7-9-13-25/h7-19,21,30H,5-6,20H2,1-4H3,(H,37,40)/b31-29+/t30-/m1/s1. The lowest BCUT2D eigenvalue weighted by atomic mass is 9.93. The highest BCUT2D eigenvalue weighted by Crippen LogP contribution is 2.36. The van der Waals surface area contributed by atoms with Gasteiger partial charge >= 0.3 is 0 Å². The number of benzene rings is 3. The van der Waals surface area contributed by atoms with E-state index in [-0.39, 0.29) is 17.4 Å². The molecule has 0 saturated carbocycles. The number of allylic oxidation sites excluding steroid dienone is 1. The number of nitrogens with one attached hydrogen (secondary N) is 1. The molecule has 7 nitrogen and oxygen atoms in total. The van der Waals surface area contributed by atoms with Crippen LogP contribution in [0.2, 0.25) is 0 Å².